The topological polar surface area (TPSA) is 116 Å². The van der Waals surface area contributed by atoms with Crippen LogP contribution in [0.4, 0.5) is 0 Å². The first-order valence-electron chi connectivity index (χ1n) is 7.15. The quantitative estimate of drug-likeness (QED) is 0.597. The molecule has 0 saturated heterocycles. The third kappa shape index (κ3) is 5.64. The van der Waals surface area contributed by atoms with Crippen LogP contribution < -0.4 is 16.7 Å². The average molecular weight is 372 g/mol. The van der Waals surface area contributed by atoms with E-state index in [-0.39, 0.29) is 5.56 Å². The first-order chi connectivity index (χ1) is 11.3. The molecule has 2 aromatic rings. The van der Waals surface area contributed by atoms with Crippen LogP contribution in [0.15, 0.2) is 24.7 Å². The molecule has 9 nitrogen and oxygen atoms in total. The van der Waals surface area contributed by atoms with Crippen molar-refractivity contribution < 1.29 is 0 Å². The third-order valence-corrected chi connectivity index (χ3v) is 4.39. The van der Waals surface area contributed by atoms with Gasteiger partial charge in [-0.1, -0.05) is 37.4 Å². The van der Waals surface area contributed by atoms with Crippen LogP contribution in [-0.4, -0.2) is 41.0 Å². The Morgan fingerprint density at radius 2 is 1.50 bits per heavy atom. The van der Waals surface area contributed by atoms with Gasteiger partial charge in [-0.2, -0.15) is 15.1 Å². The van der Waals surface area contributed by atoms with Crippen LogP contribution >= 0.6 is 23.5 Å². The molecule has 0 amide bonds. The Morgan fingerprint density at radius 3 is 2.08 bits per heavy atom. The van der Waals surface area contributed by atoms with Gasteiger partial charge in [0, 0.05) is 14.1 Å². The molecule has 0 bridgehead atoms. The zero-order valence-corrected chi connectivity index (χ0v) is 15.8. The van der Waals surface area contributed by atoms with Crippen LogP contribution in [-0.2, 0) is 14.1 Å². The minimum atomic E-state index is -0.732. The molecular formula is C13H20N6O3S2. The van der Waals surface area contributed by atoms with Crippen molar-refractivity contribution >= 4 is 23.5 Å². The summed E-state index contributed by atoms with van der Waals surface area (Å²) in [6, 6.07) is 0. The van der Waals surface area contributed by atoms with Crippen molar-refractivity contribution in [3.8, 4) is 0 Å². The van der Waals surface area contributed by atoms with E-state index in [1.807, 2.05) is 13.8 Å². The van der Waals surface area contributed by atoms with E-state index < -0.39 is 11.1 Å². The van der Waals surface area contributed by atoms with Gasteiger partial charge in [0.2, 0.25) is 0 Å². The number of hydrogen-bond donors (Lipinski definition) is 1. The molecular weight excluding hydrogens is 352 g/mol. The molecule has 24 heavy (non-hydrogen) atoms. The van der Waals surface area contributed by atoms with Gasteiger partial charge in [-0.15, -0.1) is 0 Å². The molecule has 0 unspecified atom stereocenters. The molecule has 2 heterocycles. The summed E-state index contributed by atoms with van der Waals surface area (Å²) in [6.45, 7) is 5.62. The van der Waals surface area contributed by atoms with Gasteiger partial charge in [0.25, 0.3) is 5.56 Å². The lowest BCUT2D eigenvalue weighted by atomic mass is 10.5. The summed E-state index contributed by atoms with van der Waals surface area (Å²) in [5.41, 5.74) is -1.20. The van der Waals surface area contributed by atoms with Crippen molar-refractivity contribution in [1.29, 1.82) is 0 Å². The SMILES string of the molecule is CCSc1nc(=O)c(=O)[nH]n1C.CCSc1nc(=O)c(C)nn1C. The second-order valence-corrected chi connectivity index (χ2v) is 6.94. The molecule has 0 radical (unpaired) electrons. The molecule has 0 spiro atoms. The molecule has 2 rings (SSSR count). The standard InChI is InChI=1S/C7H11N3OS.C6H9N3O2S/c1-4-12-7-8-6(11)5(2)9-10(7)3;1-3-12-6-7-4(10)5(11)8-9(6)2/h4H2,1-3H3;3H2,1-2H3,(H,8,11). The van der Waals surface area contributed by atoms with E-state index in [9.17, 15) is 14.4 Å². The summed E-state index contributed by atoms with van der Waals surface area (Å²) in [7, 11) is 3.43. The molecule has 0 saturated carbocycles. The monoisotopic (exact) mass is 372 g/mol. The normalized spacial score (nSPS) is 10.2. The maximum Gasteiger partial charge on any atom is 0.339 e. The highest BCUT2D eigenvalue weighted by atomic mass is 32.2. The molecule has 0 atom stereocenters. The van der Waals surface area contributed by atoms with Crippen LogP contribution in [0.5, 0.6) is 0 Å². The number of aromatic nitrogens is 6. The zero-order valence-electron chi connectivity index (χ0n) is 14.2. The summed E-state index contributed by atoms with van der Waals surface area (Å²) in [5, 5.41) is 7.57. The highest BCUT2D eigenvalue weighted by Crippen LogP contribution is 2.10. The number of aryl methyl sites for hydroxylation is 3. The van der Waals surface area contributed by atoms with Crippen molar-refractivity contribution in [2.24, 2.45) is 14.1 Å². The second kappa shape index (κ2) is 9.42. The van der Waals surface area contributed by atoms with E-state index in [1.165, 1.54) is 28.2 Å². The predicted molar refractivity (Wildman–Crippen MR) is 94.9 cm³/mol. The first-order valence-corrected chi connectivity index (χ1v) is 9.12. The fourth-order valence-corrected chi connectivity index (χ4v) is 2.80. The largest absolute Gasteiger partial charge is 0.339 e. The Bertz CT molecular complexity index is 858. The summed E-state index contributed by atoms with van der Waals surface area (Å²) in [5.74, 6) is 1.71. The van der Waals surface area contributed by atoms with E-state index in [2.05, 4.69) is 20.2 Å². The Balaban J connectivity index is 0.000000240. The highest BCUT2D eigenvalue weighted by molar-refractivity contribution is 7.99. The Morgan fingerprint density at radius 1 is 0.958 bits per heavy atom. The summed E-state index contributed by atoms with van der Waals surface area (Å²) < 4.78 is 3.07. The molecule has 0 fully saturated rings. The maximum atomic E-state index is 11.1. The molecule has 0 aliphatic rings. The van der Waals surface area contributed by atoms with Gasteiger partial charge < -0.3 is 0 Å². The van der Waals surface area contributed by atoms with Crippen molar-refractivity contribution in [2.45, 2.75) is 31.1 Å². The van der Waals surface area contributed by atoms with E-state index in [0.717, 1.165) is 11.5 Å². The molecule has 0 aliphatic heterocycles. The molecule has 0 aliphatic carbocycles. The van der Waals surface area contributed by atoms with Gasteiger partial charge in [-0.05, 0) is 18.4 Å². The van der Waals surface area contributed by atoms with Gasteiger partial charge in [0.05, 0.1) is 0 Å². The molecule has 132 valence electrons. The lowest BCUT2D eigenvalue weighted by Gasteiger charge is -2.03. The van der Waals surface area contributed by atoms with Gasteiger partial charge >= 0.3 is 11.1 Å². The van der Waals surface area contributed by atoms with Crippen LogP contribution in [0.1, 0.15) is 19.5 Å². The number of nitrogens with one attached hydrogen (secondary N) is 1. The van der Waals surface area contributed by atoms with Gasteiger partial charge in [-0.3, -0.25) is 24.2 Å². The minimum absolute atomic E-state index is 0.232. The molecule has 2 aromatic heterocycles. The van der Waals surface area contributed by atoms with Gasteiger partial charge in [0.15, 0.2) is 10.3 Å². The van der Waals surface area contributed by atoms with Crippen LogP contribution in [0.3, 0.4) is 0 Å². The van der Waals surface area contributed by atoms with Crippen molar-refractivity contribution in [2.75, 3.05) is 11.5 Å². The number of H-pyrrole nitrogens is 1. The van der Waals surface area contributed by atoms with Crippen molar-refractivity contribution in [1.82, 2.24) is 29.5 Å². The zero-order chi connectivity index (χ0) is 18.3. The lowest BCUT2D eigenvalue weighted by molar-refractivity contribution is 0.596. The van der Waals surface area contributed by atoms with E-state index in [0.29, 0.717) is 16.0 Å². The fourth-order valence-electron chi connectivity index (χ4n) is 1.52. The Hall–Kier alpha value is -1.88. The van der Waals surface area contributed by atoms with E-state index in [1.54, 1.807) is 25.7 Å². The van der Waals surface area contributed by atoms with Crippen LogP contribution in [0.2, 0.25) is 0 Å². The van der Waals surface area contributed by atoms with Crippen LogP contribution in [0.25, 0.3) is 0 Å². The van der Waals surface area contributed by atoms with Gasteiger partial charge in [0.1, 0.15) is 5.69 Å². The molecule has 11 heteroatoms. The average Bonchev–Trinajstić information content (AvgIpc) is 2.51. The number of thioether (sulfide) groups is 2. The maximum absolute atomic E-state index is 11.1. The molecule has 1 N–H and O–H groups in total. The fraction of sp³-hybridized carbons (Fsp3) is 0.538. The van der Waals surface area contributed by atoms with Crippen molar-refractivity contribution in [3.63, 3.8) is 0 Å². The van der Waals surface area contributed by atoms with E-state index >= 15 is 0 Å². The second-order valence-electron chi connectivity index (χ2n) is 4.47. The minimum Gasteiger partial charge on any atom is -0.265 e. The van der Waals surface area contributed by atoms with Crippen LogP contribution in [0, 0.1) is 6.92 Å². The number of rotatable bonds is 4. The number of nitrogens with zero attached hydrogens (tertiary/aromatic N) is 5. The lowest BCUT2D eigenvalue weighted by Crippen LogP contribution is -2.33. The predicted octanol–water partition coefficient (Wildman–Crippen LogP) is 0.176. The first kappa shape index (κ1) is 20.2. The summed E-state index contributed by atoms with van der Waals surface area (Å²) >= 11 is 2.92. The van der Waals surface area contributed by atoms with Crippen molar-refractivity contribution in [3.05, 3.63) is 36.8 Å². The third-order valence-electron chi connectivity index (χ3n) is 2.58. The number of aromatic amines is 1. The molecule has 0 aromatic carbocycles. The Kier molecular flexibility index (Phi) is 7.92. The summed E-state index contributed by atoms with van der Waals surface area (Å²) in [6.07, 6.45) is 0. The Labute approximate surface area is 146 Å². The highest BCUT2D eigenvalue weighted by Gasteiger charge is 2.03. The number of hydrogen-bond acceptors (Lipinski definition) is 8. The van der Waals surface area contributed by atoms with Gasteiger partial charge in [-0.25, -0.2) is 4.68 Å². The van der Waals surface area contributed by atoms with E-state index in [4.69, 9.17) is 0 Å². The summed E-state index contributed by atoms with van der Waals surface area (Å²) in [4.78, 5) is 40.0. The smallest absolute Gasteiger partial charge is 0.265 e.